The second kappa shape index (κ2) is 9.45. The van der Waals surface area contributed by atoms with Gasteiger partial charge >= 0.3 is 0 Å². The number of rotatable bonds is 2. The number of carbonyl (C=O) groups excluding carboxylic acids is 1. The quantitative estimate of drug-likeness (QED) is 0.816. The van der Waals surface area contributed by atoms with Crippen molar-refractivity contribution >= 4 is 30.7 Å². The molecular formula is C17H33Cl2N3O. The molecule has 1 N–H and O–H groups in total. The summed E-state index contributed by atoms with van der Waals surface area (Å²) in [4.78, 5) is 17.6. The van der Waals surface area contributed by atoms with Crippen molar-refractivity contribution in [2.45, 2.75) is 69.9 Å². The van der Waals surface area contributed by atoms with Gasteiger partial charge in [-0.25, -0.2) is 0 Å². The highest BCUT2D eigenvalue weighted by Crippen LogP contribution is 2.25. The van der Waals surface area contributed by atoms with E-state index in [9.17, 15) is 4.79 Å². The average molecular weight is 366 g/mol. The summed E-state index contributed by atoms with van der Waals surface area (Å²) in [6, 6.07) is 0.724. The lowest BCUT2D eigenvalue weighted by Gasteiger charge is -2.43. The van der Waals surface area contributed by atoms with Crippen LogP contribution in [0.25, 0.3) is 0 Å². The molecule has 0 radical (unpaired) electrons. The van der Waals surface area contributed by atoms with Crippen LogP contribution in [0.4, 0.5) is 0 Å². The molecule has 6 heteroatoms. The van der Waals surface area contributed by atoms with Crippen LogP contribution in [-0.2, 0) is 4.79 Å². The first-order chi connectivity index (χ1) is 10.2. The maximum absolute atomic E-state index is 12.8. The largest absolute Gasteiger partial charge is 0.341 e. The summed E-state index contributed by atoms with van der Waals surface area (Å²) < 4.78 is 0. The van der Waals surface area contributed by atoms with E-state index < -0.39 is 0 Å². The second-order valence-electron chi connectivity index (χ2n) is 7.34. The Morgan fingerprint density at radius 2 is 1.61 bits per heavy atom. The summed E-state index contributed by atoms with van der Waals surface area (Å²) in [6.07, 6.45) is 9.85. The Morgan fingerprint density at radius 3 is 2.17 bits per heavy atom. The minimum absolute atomic E-state index is 0. The molecule has 1 unspecified atom stereocenters. The first-order valence-corrected chi connectivity index (χ1v) is 8.97. The van der Waals surface area contributed by atoms with Crippen LogP contribution in [0.2, 0.25) is 0 Å². The van der Waals surface area contributed by atoms with Crippen LogP contribution in [-0.4, -0.2) is 60.0 Å². The van der Waals surface area contributed by atoms with Gasteiger partial charge in [0.1, 0.15) is 0 Å². The summed E-state index contributed by atoms with van der Waals surface area (Å²) in [5, 5.41) is 3.47. The molecule has 0 bridgehead atoms. The Kier molecular flexibility index (Phi) is 8.64. The standard InChI is InChI=1S/C17H31N3O.2ClH/c1-17(9-3-4-10-18-17)16(21)20-13-7-15(8-14-20)19-11-5-2-6-12-19;;/h15,18H,2-14H2,1H3;2*1H. The van der Waals surface area contributed by atoms with Gasteiger partial charge in [0, 0.05) is 19.1 Å². The molecule has 4 nitrogen and oxygen atoms in total. The Balaban J connectivity index is 0.00000132. The predicted octanol–water partition coefficient (Wildman–Crippen LogP) is 2.84. The van der Waals surface area contributed by atoms with Gasteiger partial charge in [-0.05, 0) is 71.5 Å². The third-order valence-electron chi connectivity index (χ3n) is 5.75. The molecule has 0 aromatic rings. The van der Waals surface area contributed by atoms with Crippen molar-refractivity contribution in [2.75, 3.05) is 32.7 Å². The molecule has 0 saturated carbocycles. The van der Waals surface area contributed by atoms with Crippen molar-refractivity contribution in [3.8, 4) is 0 Å². The van der Waals surface area contributed by atoms with Crippen LogP contribution < -0.4 is 5.32 Å². The molecule has 0 aliphatic carbocycles. The average Bonchev–Trinajstić information content (AvgIpc) is 2.56. The van der Waals surface area contributed by atoms with E-state index in [2.05, 4.69) is 22.0 Å². The molecule has 3 heterocycles. The van der Waals surface area contributed by atoms with Crippen LogP contribution in [0.1, 0.15) is 58.3 Å². The minimum Gasteiger partial charge on any atom is -0.341 e. The molecule has 3 fully saturated rings. The molecule has 1 amide bonds. The third kappa shape index (κ3) is 4.97. The Morgan fingerprint density at radius 1 is 0.957 bits per heavy atom. The monoisotopic (exact) mass is 365 g/mol. The number of amides is 1. The Labute approximate surface area is 153 Å². The molecule has 1 atom stereocenters. The maximum atomic E-state index is 12.8. The van der Waals surface area contributed by atoms with E-state index in [4.69, 9.17) is 0 Å². The summed E-state index contributed by atoms with van der Waals surface area (Å²) in [7, 11) is 0. The van der Waals surface area contributed by atoms with Gasteiger partial charge in [0.05, 0.1) is 5.54 Å². The van der Waals surface area contributed by atoms with Crippen LogP contribution in [0.3, 0.4) is 0 Å². The normalized spacial score (nSPS) is 30.2. The molecule has 23 heavy (non-hydrogen) atoms. The van der Waals surface area contributed by atoms with Gasteiger partial charge in [0.15, 0.2) is 0 Å². The van der Waals surface area contributed by atoms with Crippen molar-refractivity contribution in [1.29, 1.82) is 0 Å². The van der Waals surface area contributed by atoms with Gasteiger partial charge in [0.2, 0.25) is 5.91 Å². The van der Waals surface area contributed by atoms with Crippen molar-refractivity contribution < 1.29 is 4.79 Å². The van der Waals surface area contributed by atoms with Gasteiger partial charge in [-0.3, -0.25) is 4.79 Å². The van der Waals surface area contributed by atoms with Crippen molar-refractivity contribution in [3.05, 3.63) is 0 Å². The fourth-order valence-corrected chi connectivity index (χ4v) is 4.31. The number of halogens is 2. The number of likely N-dealkylation sites (tertiary alicyclic amines) is 2. The summed E-state index contributed by atoms with van der Waals surface area (Å²) in [5.41, 5.74) is -0.295. The molecular weight excluding hydrogens is 333 g/mol. The Bertz CT molecular complexity index is 361. The molecule has 3 aliphatic rings. The molecule has 0 aromatic heterocycles. The van der Waals surface area contributed by atoms with Crippen LogP contribution in [0, 0.1) is 0 Å². The van der Waals surface area contributed by atoms with E-state index in [1.165, 1.54) is 58.0 Å². The van der Waals surface area contributed by atoms with E-state index >= 15 is 0 Å². The van der Waals surface area contributed by atoms with E-state index in [-0.39, 0.29) is 30.4 Å². The van der Waals surface area contributed by atoms with Crippen LogP contribution in [0.15, 0.2) is 0 Å². The highest BCUT2D eigenvalue weighted by molar-refractivity contribution is 5.86. The smallest absolute Gasteiger partial charge is 0.242 e. The van der Waals surface area contributed by atoms with E-state index in [1.54, 1.807) is 0 Å². The summed E-state index contributed by atoms with van der Waals surface area (Å²) in [5.74, 6) is 0.347. The molecule has 3 rings (SSSR count). The number of nitrogens with zero attached hydrogens (tertiary/aromatic N) is 2. The highest BCUT2D eigenvalue weighted by atomic mass is 35.5. The van der Waals surface area contributed by atoms with Crippen molar-refractivity contribution in [3.63, 3.8) is 0 Å². The number of hydrogen-bond acceptors (Lipinski definition) is 3. The lowest BCUT2D eigenvalue weighted by atomic mass is 9.88. The summed E-state index contributed by atoms with van der Waals surface area (Å²) in [6.45, 7) is 7.56. The predicted molar refractivity (Wildman–Crippen MR) is 99.8 cm³/mol. The lowest BCUT2D eigenvalue weighted by Crippen LogP contribution is -2.60. The van der Waals surface area contributed by atoms with Gasteiger partial charge in [-0.2, -0.15) is 0 Å². The second-order valence-corrected chi connectivity index (χ2v) is 7.34. The zero-order chi connectivity index (χ0) is 14.7. The van der Waals surface area contributed by atoms with Crippen molar-refractivity contribution in [1.82, 2.24) is 15.1 Å². The Hall–Kier alpha value is -0.0300. The SMILES string of the molecule is CC1(C(=O)N2CCC(N3CCCCC3)CC2)CCCCN1.Cl.Cl. The lowest BCUT2D eigenvalue weighted by molar-refractivity contribution is -0.140. The number of nitrogens with one attached hydrogen (secondary N) is 1. The minimum atomic E-state index is -0.295. The van der Waals surface area contributed by atoms with Gasteiger partial charge in [0.25, 0.3) is 0 Å². The third-order valence-corrected chi connectivity index (χ3v) is 5.75. The molecule has 3 saturated heterocycles. The number of hydrogen-bond donors (Lipinski definition) is 1. The first-order valence-electron chi connectivity index (χ1n) is 8.97. The van der Waals surface area contributed by atoms with Gasteiger partial charge < -0.3 is 15.1 Å². The molecule has 0 aromatic carbocycles. The maximum Gasteiger partial charge on any atom is 0.242 e. The van der Waals surface area contributed by atoms with E-state index in [0.717, 1.165) is 32.1 Å². The zero-order valence-corrected chi connectivity index (χ0v) is 16.0. The van der Waals surface area contributed by atoms with E-state index in [1.807, 2.05) is 0 Å². The summed E-state index contributed by atoms with van der Waals surface area (Å²) >= 11 is 0. The van der Waals surface area contributed by atoms with Gasteiger partial charge in [-0.15, -0.1) is 24.8 Å². The number of piperidine rings is 3. The van der Waals surface area contributed by atoms with Crippen LogP contribution in [0.5, 0.6) is 0 Å². The molecule has 0 spiro atoms. The van der Waals surface area contributed by atoms with Crippen molar-refractivity contribution in [2.24, 2.45) is 0 Å². The first kappa shape index (κ1) is 21.0. The molecule has 3 aliphatic heterocycles. The fourth-order valence-electron chi connectivity index (χ4n) is 4.31. The molecule has 136 valence electrons. The topological polar surface area (TPSA) is 35.6 Å². The van der Waals surface area contributed by atoms with Gasteiger partial charge in [-0.1, -0.05) is 6.42 Å². The van der Waals surface area contributed by atoms with E-state index in [0.29, 0.717) is 5.91 Å². The zero-order valence-electron chi connectivity index (χ0n) is 14.4. The fraction of sp³-hybridized carbons (Fsp3) is 0.941. The number of carbonyl (C=O) groups is 1. The van der Waals surface area contributed by atoms with Crippen LogP contribution >= 0.6 is 24.8 Å². The highest BCUT2D eigenvalue weighted by Gasteiger charge is 2.39.